The van der Waals surface area contributed by atoms with Crippen molar-refractivity contribution < 1.29 is 9.59 Å². The van der Waals surface area contributed by atoms with Crippen molar-refractivity contribution in [2.75, 3.05) is 36.0 Å². The molecule has 0 saturated carbocycles. The number of nitrogens with one attached hydrogen (secondary N) is 3. The van der Waals surface area contributed by atoms with E-state index in [1.165, 1.54) is 0 Å². The van der Waals surface area contributed by atoms with Crippen molar-refractivity contribution in [3.63, 3.8) is 0 Å². The molecule has 3 amide bonds. The van der Waals surface area contributed by atoms with E-state index in [0.717, 1.165) is 31.5 Å². The number of benzene rings is 3. The van der Waals surface area contributed by atoms with E-state index in [0.29, 0.717) is 46.7 Å². The van der Waals surface area contributed by atoms with Gasteiger partial charge in [-0.1, -0.05) is 35.9 Å². The van der Waals surface area contributed by atoms with Crippen molar-refractivity contribution in [3.05, 3.63) is 88.9 Å². The minimum atomic E-state index is -0.235. The summed E-state index contributed by atoms with van der Waals surface area (Å²) in [6, 6.07) is 21.4. The van der Waals surface area contributed by atoms with Gasteiger partial charge in [-0.2, -0.15) is 0 Å². The highest BCUT2D eigenvalue weighted by atomic mass is 35.5. The molecule has 0 atom stereocenters. The van der Waals surface area contributed by atoms with E-state index in [9.17, 15) is 9.59 Å². The number of hydrogen-bond acceptors (Lipinski definition) is 4. The maximum atomic E-state index is 13.2. The number of urea groups is 1. The Morgan fingerprint density at radius 3 is 2.31 bits per heavy atom. The van der Waals surface area contributed by atoms with Gasteiger partial charge in [-0.05, 0) is 85.9 Å². The molecule has 1 aliphatic heterocycles. The van der Waals surface area contributed by atoms with Gasteiger partial charge in [0, 0.05) is 29.4 Å². The van der Waals surface area contributed by atoms with Crippen molar-refractivity contribution in [3.8, 4) is 0 Å². The molecule has 0 unspecified atom stereocenters. The van der Waals surface area contributed by atoms with Gasteiger partial charge in [-0.15, -0.1) is 0 Å². The van der Waals surface area contributed by atoms with Crippen molar-refractivity contribution in [2.24, 2.45) is 5.92 Å². The van der Waals surface area contributed by atoms with E-state index in [1.54, 1.807) is 48.5 Å². The molecule has 1 fully saturated rings. The van der Waals surface area contributed by atoms with Gasteiger partial charge in [0.25, 0.3) is 5.91 Å². The zero-order chi connectivity index (χ0) is 24.6. The zero-order valence-electron chi connectivity index (χ0n) is 19.5. The van der Waals surface area contributed by atoms with Crippen LogP contribution in [-0.4, -0.2) is 36.5 Å². The molecule has 0 radical (unpaired) electrons. The molecule has 0 bridgehead atoms. The lowest BCUT2D eigenvalue weighted by Crippen LogP contribution is -2.41. The Kier molecular flexibility index (Phi) is 8.23. The third kappa shape index (κ3) is 6.97. The highest BCUT2D eigenvalue weighted by molar-refractivity contribution is 6.30. The van der Waals surface area contributed by atoms with Crippen LogP contribution >= 0.6 is 11.6 Å². The minimum absolute atomic E-state index is 0.160. The summed E-state index contributed by atoms with van der Waals surface area (Å²) in [5.41, 5.74) is 9.18. The molecule has 1 heterocycles. The highest BCUT2D eigenvalue weighted by Gasteiger charge is 2.21. The van der Waals surface area contributed by atoms with Gasteiger partial charge in [0.05, 0.1) is 11.4 Å². The summed E-state index contributed by atoms with van der Waals surface area (Å²) in [6.45, 7) is 3.04. The lowest BCUT2D eigenvalue weighted by atomic mass is 9.97. The molecule has 3 aromatic rings. The van der Waals surface area contributed by atoms with E-state index < -0.39 is 0 Å². The van der Waals surface area contributed by atoms with Gasteiger partial charge in [0.2, 0.25) is 0 Å². The van der Waals surface area contributed by atoms with Crippen LogP contribution in [0.3, 0.4) is 0 Å². The first-order chi connectivity index (χ1) is 17.0. The van der Waals surface area contributed by atoms with Crippen molar-refractivity contribution >= 4 is 40.6 Å². The maximum Gasteiger partial charge on any atom is 0.322 e. The van der Waals surface area contributed by atoms with Gasteiger partial charge >= 0.3 is 6.03 Å². The number of nitrogens with two attached hydrogens (primary N) is 1. The van der Waals surface area contributed by atoms with Gasteiger partial charge in [0.15, 0.2) is 0 Å². The number of hydrogen-bond donors (Lipinski definition) is 4. The summed E-state index contributed by atoms with van der Waals surface area (Å²) in [5.74, 6) is 0.204. The molecule has 0 spiro atoms. The van der Waals surface area contributed by atoms with Crippen molar-refractivity contribution in [1.29, 1.82) is 0 Å². The Morgan fingerprint density at radius 1 is 0.943 bits per heavy atom. The molecule has 5 N–H and O–H groups in total. The van der Waals surface area contributed by atoms with Gasteiger partial charge in [-0.3, -0.25) is 4.79 Å². The Labute approximate surface area is 210 Å². The summed E-state index contributed by atoms with van der Waals surface area (Å²) in [6.07, 6.45) is 2.07. The number of nitrogens with zero attached hydrogens (tertiary/aromatic N) is 1. The van der Waals surface area contributed by atoms with Crippen LogP contribution in [0, 0.1) is 5.92 Å². The fourth-order valence-electron chi connectivity index (χ4n) is 4.12. The lowest BCUT2D eigenvalue weighted by Gasteiger charge is -2.30. The first-order valence-electron chi connectivity index (χ1n) is 11.7. The predicted octanol–water partition coefficient (Wildman–Crippen LogP) is 5.21. The average molecular weight is 492 g/mol. The van der Waals surface area contributed by atoms with Crippen LogP contribution in [-0.2, 0) is 6.54 Å². The molecular formula is C27H30ClN5O2. The molecule has 3 aromatic carbocycles. The second kappa shape index (κ2) is 11.7. The van der Waals surface area contributed by atoms with E-state index >= 15 is 0 Å². The number of para-hydroxylation sites is 2. The molecule has 4 rings (SSSR count). The van der Waals surface area contributed by atoms with Crippen molar-refractivity contribution in [2.45, 2.75) is 19.4 Å². The Morgan fingerprint density at radius 2 is 1.63 bits per heavy atom. The minimum Gasteiger partial charge on any atom is -0.397 e. The first kappa shape index (κ1) is 24.6. The molecule has 0 aromatic heterocycles. The van der Waals surface area contributed by atoms with Crippen LogP contribution in [0.25, 0.3) is 0 Å². The first-order valence-corrected chi connectivity index (χ1v) is 12.1. The smallest absolute Gasteiger partial charge is 0.322 e. The second-order valence-electron chi connectivity index (χ2n) is 8.75. The van der Waals surface area contributed by atoms with Gasteiger partial charge in [-0.25, -0.2) is 4.79 Å². The number of piperidine rings is 1. The highest BCUT2D eigenvalue weighted by Crippen LogP contribution is 2.20. The number of amides is 3. The third-order valence-electron chi connectivity index (χ3n) is 6.12. The Hall–Kier alpha value is -3.55. The quantitative estimate of drug-likeness (QED) is 0.341. The maximum absolute atomic E-state index is 13.2. The zero-order valence-corrected chi connectivity index (χ0v) is 20.2. The van der Waals surface area contributed by atoms with Gasteiger partial charge in [0.1, 0.15) is 0 Å². The third-order valence-corrected chi connectivity index (χ3v) is 6.37. The van der Waals surface area contributed by atoms with Crippen LogP contribution in [0.2, 0.25) is 5.02 Å². The fourth-order valence-corrected chi connectivity index (χ4v) is 4.24. The summed E-state index contributed by atoms with van der Waals surface area (Å²) in [7, 11) is 0. The SMILES string of the molecule is Nc1ccccc1NC(=O)c1ccc(CN(CC2CCNCC2)C(=O)Nc2ccc(Cl)cc2)cc1. The lowest BCUT2D eigenvalue weighted by molar-refractivity contribution is 0.102. The topological polar surface area (TPSA) is 99.5 Å². The number of anilines is 3. The molecule has 1 aliphatic rings. The second-order valence-corrected chi connectivity index (χ2v) is 9.19. The van der Waals surface area contributed by atoms with Crippen LogP contribution in [0.15, 0.2) is 72.8 Å². The van der Waals surface area contributed by atoms with Crippen molar-refractivity contribution in [1.82, 2.24) is 10.2 Å². The van der Waals surface area contributed by atoms with Gasteiger partial charge < -0.3 is 26.6 Å². The van der Waals surface area contributed by atoms with E-state index in [2.05, 4.69) is 16.0 Å². The Balaban J connectivity index is 1.44. The van der Waals surface area contributed by atoms with Crippen LogP contribution < -0.4 is 21.7 Å². The molecule has 35 heavy (non-hydrogen) atoms. The van der Waals surface area contributed by atoms with E-state index in [4.69, 9.17) is 17.3 Å². The summed E-state index contributed by atoms with van der Waals surface area (Å²) >= 11 is 5.97. The number of carbonyl (C=O) groups is 2. The summed E-state index contributed by atoms with van der Waals surface area (Å²) in [4.78, 5) is 27.7. The Bertz CT molecular complexity index is 1140. The standard InChI is InChI=1S/C27H30ClN5O2/c28-22-9-11-23(12-10-22)31-27(35)33(18-20-13-15-30-16-14-20)17-19-5-7-21(8-6-19)26(34)32-25-4-2-1-3-24(25)29/h1-12,20,30H,13-18,29H2,(H,31,35)(H,32,34). The number of rotatable bonds is 7. The normalized spacial score (nSPS) is 13.7. The molecular weight excluding hydrogens is 462 g/mol. The number of carbonyl (C=O) groups excluding carboxylic acids is 2. The van der Waals surface area contributed by atoms with Crippen LogP contribution in [0.5, 0.6) is 0 Å². The molecule has 7 nitrogen and oxygen atoms in total. The monoisotopic (exact) mass is 491 g/mol. The fraction of sp³-hybridized carbons (Fsp3) is 0.259. The van der Waals surface area contributed by atoms with E-state index in [-0.39, 0.29) is 11.9 Å². The summed E-state index contributed by atoms with van der Waals surface area (Å²) in [5, 5.41) is 9.81. The summed E-state index contributed by atoms with van der Waals surface area (Å²) < 4.78 is 0. The molecule has 182 valence electrons. The van der Waals surface area contributed by atoms with E-state index in [1.807, 2.05) is 29.2 Å². The molecule has 1 saturated heterocycles. The van der Waals surface area contributed by atoms with Crippen LogP contribution in [0.4, 0.5) is 21.9 Å². The van der Waals surface area contributed by atoms with Crippen LogP contribution in [0.1, 0.15) is 28.8 Å². The largest absolute Gasteiger partial charge is 0.397 e. The predicted molar refractivity (Wildman–Crippen MR) is 142 cm³/mol. The molecule has 8 heteroatoms. The number of halogens is 1. The molecule has 0 aliphatic carbocycles. The average Bonchev–Trinajstić information content (AvgIpc) is 2.87. The number of nitrogen functional groups attached to an aromatic ring is 1.